The Morgan fingerprint density at radius 3 is 2.41 bits per heavy atom. The highest BCUT2D eigenvalue weighted by Gasteiger charge is 2.82. The van der Waals surface area contributed by atoms with Crippen molar-refractivity contribution < 1.29 is 48.6 Å². The van der Waals surface area contributed by atoms with Crippen molar-refractivity contribution in [2.75, 3.05) is 13.2 Å². The van der Waals surface area contributed by atoms with Gasteiger partial charge >= 0.3 is 11.9 Å². The van der Waals surface area contributed by atoms with Gasteiger partial charge in [0.15, 0.2) is 0 Å². The van der Waals surface area contributed by atoms with Gasteiger partial charge in [0.2, 0.25) is 6.29 Å². The van der Waals surface area contributed by atoms with Crippen LogP contribution < -0.4 is 0 Å². The minimum Gasteiger partial charge on any atom is -0.472 e. The summed E-state index contributed by atoms with van der Waals surface area (Å²) in [7, 11) is 0. The van der Waals surface area contributed by atoms with Gasteiger partial charge in [-0.3, -0.25) is 9.59 Å². The smallest absolute Gasteiger partial charge is 0.302 e. The van der Waals surface area contributed by atoms with E-state index in [0.29, 0.717) is 12.8 Å². The molecule has 0 radical (unpaired) electrons. The van der Waals surface area contributed by atoms with Gasteiger partial charge in [-0.15, -0.1) is 0 Å². The summed E-state index contributed by atoms with van der Waals surface area (Å²) in [5.74, 6) is -1.94. The molecule has 0 aromatic carbocycles. The Morgan fingerprint density at radius 2 is 1.82 bits per heavy atom. The van der Waals surface area contributed by atoms with Crippen molar-refractivity contribution in [2.24, 2.45) is 28.6 Å². The topological polar surface area (TPSA) is 144 Å². The Bertz CT molecular complexity index is 885. The van der Waals surface area contributed by atoms with Gasteiger partial charge in [-0.25, -0.2) is 0 Å². The Balaban J connectivity index is 1.67. The Labute approximate surface area is 198 Å². The summed E-state index contributed by atoms with van der Waals surface area (Å²) < 4.78 is 29.1. The number of carbonyl (C=O) groups is 2. The van der Waals surface area contributed by atoms with E-state index in [4.69, 9.17) is 23.7 Å². The fraction of sp³-hybridized carbons (Fsp3) is 0.833. The van der Waals surface area contributed by atoms with E-state index in [0.717, 1.165) is 0 Å². The molecule has 3 N–H and O–H groups in total. The van der Waals surface area contributed by atoms with Gasteiger partial charge in [0.1, 0.15) is 30.5 Å². The molecule has 2 saturated heterocycles. The number of esters is 2. The van der Waals surface area contributed by atoms with Crippen molar-refractivity contribution in [1.82, 2.24) is 0 Å². The van der Waals surface area contributed by atoms with E-state index in [2.05, 4.69) is 0 Å². The van der Waals surface area contributed by atoms with Crippen LogP contribution in [0.15, 0.2) is 12.3 Å². The van der Waals surface area contributed by atoms with Crippen LogP contribution in [0.1, 0.15) is 40.5 Å². The summed E-state index contributed by atoms with van der Waals surface area (Å²) in [4.78, 5) is 24.2. The number of hydrogen-bond acceptors (Lipinski definition) is 10. The lowest BCUT2D eigenvalue weighted by atomic mass is 9.40. The minimum absolute atomic E-state index is 0.0606. The highest BCUT2D eigenvalue weighted by atomic mass is 16.7. The molecule has 0 bridgehead atoms. The van der Waals surface area contributed by atoms with E-state index >= 15 is 0 Å². The van der Waals surface area contributed by atoms with Crippen molar-refractivity contribution in [1.29, 1.82) is 0 Å². The number of hydrogen-bond donors (Lipinski definition) is 3. The monoisotopic (exact) mass is 482 g/mol. The molecule has 10 nitrogen and oxygen atoms in total. The molecule has 4 fully saturated rings. The van der Waals surface area contributed by atoms with E-state index in [1.165, 1.54) is 13.8 Å². The largest absolute Gasteiger partial charge is 0.472 e. The molecule has 34 heavy (non-hydrogen) atoms. The van der Waals surface area contributed by atoms with Gasteiger partial charge in [-0.05, 0) is 24.8 Å². The maximum atomic E-state index is 12.2. The van der Waals surface area contributed by atoms with Crippen LogP contribution in [-0.4, -0.2) is 82.9 Å². The molecular weight excluding hydrogens is 448 g/mol. The van der Waals surface area contributed by atoms with Gasteiger partial charge < -0.3 is 39.0 Å². The first-order valence-electron chi connectivity index (χ1n) is 12.0. The molecule has 1 spiro atoms. The standard InChI is InChI=1S/C24H34O10/c1-11-7-16(33-13(3)26)23(9-31-12(2)25)19(17(27)18(28)20(29)24(23)10-32-24)22(11,4)15-8-14-5-6-30-21(14)34-15/h5-6,11,14-21,27-29H,7-10H2,1-4H3/t11-,14-,15?,16+,17-,18-,19-,20?,21+,22-,23-,24?/m1/s1. The molecule has 0 amide bonds. The first-order chi connectivity index (χ1) is 16.0. The molecule has 3 unspecified atom stereocenters. The molecule has 0 aromatic rings. The SMILES string of the molecule is CC(=O)OC[C@@]12[C@@H](OC(C)=O)C[C@@H](C)[C@](C)(C3C[C@H]4C=CO[C@H]4O3)[C@H]1[C@H](O)[C@@H](O)C(O)C21CO1. The second-order valence-corrected chi connectivity index (χ2v) is 10.9. The van der Waals surface area contributed by atoms with Gasteiger partial charge in [0.25, 0.3) is 0 Å². The summed E-state index contributed by atoms with van der Waals surface area (Å²) >= 11 is 0. The predicted octanol–water partition coefficient (Wildman–Crippen LogP) is 0.270. The number of fused-ring (bicyclic) bond motifs is 3. The maximum absolute atomic E-state index is 12.2. The summed E-state index contributed by atoms with van der Waals surface area (Å²) in [6, 6.07) is 0. The van der Waals surface area contributed by atoms with Crippen LogP contribution in [0.3, 0.4) is 0 Å². The Morgan fingerprint density at radius 1 is 1.12 bits per heavy atom. The van der Waals surface area contributed by atoms with Crippen LogP contribution in [0.5, 0.6) is 0 Å². The highest BCUT2D eigenvalue weighted by molar-refractivity contribution is 5.67. The minimum atomic E-state index is -1.50. The zero-order valence-electron chi connectivity index (χ0n) is 19.9. The molecule has 2 saturated carbocycles. The van der Waals surface area contributed by atoms with E-state index in [1.54, 1.807) is 6.26 Å². The van der Waals surface area contributed by atoms with Crippen LogP contribution in [0.4, 0.5) is 0 Å². The van der Waals surface area contributed by atoms with Crippen LogP contribution in [0, 0.1) is 28.6 Å². The summed E-state index contributed by atoms with van der Waals surface area (Å²) in [6.45, 7) is 6.39. The van der Waals surface area contributed by atoms with Crippen LogP contribution in [0.2, 0.25) is 0 Å². The van der Waals surface area contributed by atoms with Gasteiger partial charge in [0, 0.05) is 31.1 Å². The van der Waals surface area contributed by atoms with E-state index in [1.807, 2.05) is 19.9 Å². The van der Waals surface area contributed by atoms with E-state index < -0.39 is 65.0 Å². The molecule has 5 aliphatic rings. The summed E-state index contributed by atoms with van der Waals surface area (Å²) in [5, 5.41) is 33.6. The molecule has 5 rings (SSSR count). The average Bonchev–Trinajstić information content (AvgIpc) is 3.27. The molecule has 12 atom stereocenters. The zero-order valence-corrected chi connectivity index (χ0v) is 19.9. The zero-order chi connectivity index (χ0) is 24.6. The number of aliphatic hydroxyl groups excluding tert-OH is 3. The van der Waals surface area contributed by atoms with Crippen molar-refractivity contribution >= 4 is 11.9 Å². The molecule has 10 heteroatoms. The van der Waals surface area contributed by atoms with Gasteiger partial charge in [-0.1, -0.05) is 13.8 Å². The average molecular weight is 483 g/mol. The number of aliphatic hydroxyl groups is 3. The molecule has 2 aliphatic carbocycles. The molecule has 0 aromatic heterocycles. The number of ether oxygens (including phenoxy) is 5. The van der Waals surface area contributed by atoms with Crippen molar-refractivity contribution in [3.63, 3.8) is 0 Å². The third kappa shape index (κ3) is 3.05. The van der Waals surface area contributed by atoms with Gasteiger partial charge in [0.05, 0.1) is 30.5 Å². The normalized spacial score (nSPS) is 53.1. The van der Waals surface area contributed by atoms with Crippen LogP contribution in [0.25, 0.3) is 0 Å². The molecule has 3 aliphatic heterocycles. The quantitative estimate of drug-likeness (QED) is 0.377. The lowest BCUT2D eigenvalue weighted by Crippen LogP contribution is -2.78. The van der Waals surface area contributed by atoms with Crippen molar-refractivity contribution in [3.05, 3.63) is 12.3 Å². The lowest BCUT2D eigenvalue weighted by Gasteiger charge is -2.66. The number of rotatable bonds is 4. The lowest BCUT2D eigenvalue weighted by molar-refractivity contribution is -0.310. The fourth-order valence-electron chi connectivity index (χ4n) is 7.51. The number of epoxide rings is 1. The van der Waals surface area contributed by atoms with Crippen molar-refractivity contribution in [2.45, 2.75) is 82.9 Å². The second-order valence-electron chi connectivity index (χ2n) is 10.9. The molecule has 190 valence electrons. The van der Waals surface area contributed by atoms with Crippen LogP contribution in [-0.2, 0) is 33.3 Å². The molecular formula is C24H34O10. The molecule has 3 heterocycles. The number of carbonyl (C=O) groups excluding carboxylic acids is 2. The first kappa shape index (κ1) is 24.0. The van der Waals surface area contributed by atoms with Gasteiger partial charge in [-0.2, -0.15) is 0 Å². The predicted molar refractivity (Wildman–Crippen MR) is 114 cm³/mol. The first-order valence-corrected chi connectivity index (χ1v) is 12.0. The Kier molecular flexibility index (Phi) is 5.57. The third-order valence-corrected chi connectivity index (χ3v) is 9.35. The second kappa shape index (κ2) is 7.89. The van der Waals surface area contributed by atoms with Crippen LogP contribution >= 0.6 is 0 Å². The fourth-order valence-corrected chi connectivity index (χ4v) is 7.51. The summed E-state index contributed by atoms with van der Waals surface area (Å²) in [6.07, 6.45) is -1.39. The summed E-state index contributed by atoms with van der Waals surface area (Å²) in [5.41, 5.74) is -3.42. The highest BCUT2D eigenvalue weighted by Crippen LogP contribution is 2.70. The maximum Gasteiger partial charge on any atom is 0.302 e. The third-order valence-electron chi connectivity index (χ3n) is 9.35. The van der Waals surface area contributed by atoms with Crippen molar-refractivity contribution in [3.8, 4) is 0 Å². The van der Waals surface area contributed by atoms with E-state index in [9.17, 15) is 24.9 Å². The van der Waals surface area contributed by atoms with E-state index in [-0.39, 0.29) is 31.2 Å². The Hall–Kier alpha value is -1.72.